The molecular formula is C9H16O2S. The highest BCUT2D eigenvalue weighted by atomic mass is 32.2. The minimum atomic E-state index is -0.113. The fourth-order valence-corrected chi connectivity index (χ4v) is 3.31. The molecule has 1 N–H and O–H groups in total. The molecule has 0 aromatic carbocycles. The largest absolute Gasteiger partial charge is 0.393 e. The monoisotopic (exact) mass is 188 g/mol. The van der Waals surface area contributed by atoms with E-state index in [1.54, 1.807) is 0 Å². The first-order valence-corrected chi connectivity index (χ1v) is 5.86. The van der Waals surface area contributed by atoms with Gasteiger partial charge in [0.15, 0.2) is 0 Å². The average molecular weight is 188 g/mol. The van der Waals surface area contributed by atoms with Crippen molar-refractivity contribution in [2.45, 2.75) is 37.4 Å². The van der Waals surface area contributed by atoms with E-state index >= 15 is 0 Å². The minimum absolute atomic E-state index is 0.0422. The van der Waals surface area contributed by atoms with Gasteiger partial charge in [-0.1, -0.05) is 0 Å². The van der Waals surface area contributed by atoms with Crippen LogP contribution in [0.3, 0.4) is 0 Å². The lowest BCUT2D eigenvalue weighted by Gasteiger charge is -2.41. The number of rotatable bonds is 0. The molecule has 2 rings (SSSR count). The van der Waals surface area contributed by atoms with Gasteiger partial charge in [0.1, 0.15) is 0 Å². The zero-order chi connectivity index (χ0) is 8.44. The quantitative estimate of drug-likeness (QED) is 0.623. The van der Waals surface area contributed by atoms with Gasteiger partial charge in [0.2, 0.25) is 0 Å². The molecule has 0 saturated carbocycles. The molecule has 3 heteroatoms. The fourth-order valence-electron chi connectivity index (χ4n) is 2.10. The maximum absolute atomic E-state index is 9.54. The Balaban J connectivity index is 1.97. The van der Waals surface area contributed by atoms with Gasteiger partial charge >= 0.3 is 0 Å². The van der Waals surface area contributed by atoms with Gasteiger partial charge in [-0.05, 0) is 25.0 Å². The third-order valence-electron chi connectivity index (χ3n) is 2.75. The van der Waals surface area contributed by atoms with E-state index in [-0.39, 0.29) is 11.7 Å². The van der Waals surface area contributed by atoms with Crippen LogP contribution in [0.4, 0.5) is 0 Å². The third-order valence-corrected chi connectivity index (χ3v) is 4.06. The predicted molar refractivity (Wildman–Crippen MR) is 50.5 cm³/mol. The SMILES string of the molecule is OC1CCOC2(CCCSC2)C1. The van der Waals surface area contributed by atoms with Crippen molar-refractivity contribution in [3.05, 3.63) is 0 Å². The van der Waals surface area contributed by atoms with Gasteiger partial charge in [-0.3, -0.25) is 0 Å². The molecule has 2 heterocycles. The van der Waals surface area contributed by atoms with E-state index in [2.05, 4.69) is 0 Å². The van der Waals surface area contributed by atoms with Crippen molar-refractivity contribution in [1.82, 2.24) is 0 Å². The first-order valence-electron chi connectivity index (χ1n) is 4.71. The summed E-state index contributed by atoms with van der Waals surface area (Å²) < 4.78 is 5.80. The second-order valence-corrected chi connectivity index (χ2v) is 4.94. The Hall–Kier alpha value is 0.270. The van der Waals surface area contributed by atoms with E-state index in [1.807, 2.05) is 11.8 Å². The average Bonchev–Trinajstić information content (AvgIpc) is 2.05. The molecule has 2 aliphatic heterocycles. The van der Waals surface area contributed by atoms with Crippen LogP contribution in [0.1, 0.15) is 25.7 Å². The second-order valence-electron chi connectivity index (χ2n) is 3.83. The van der Waals surface area contributed by atoms with Gasteiger partial charge in [-0.2, -0.15) is 11.8 Å². The Kier molecular flexibility index (Phi) is 2.63. The zero-order valence-corrected chi connectivity index (χ0v) is 8.11. The fraction of sp³-hybridized carbons (Fsp3) is 1.00. The van der Waals surface area contributed by atoms with E-state index in [0.29, 0.717) is 0 Å². The summed E-state index contributed by atoms with van der Waals surface area (Å²) in [6.07, 6.45) is 3.97. The highest BCUT2D eigenvalue weighted by Crippen LogP contribution is 2.36. The van der Waals surface area contributed by atoms with E-state index in [9.17, 15) is 5.11 Å². The van der Waals surface area contributed by atoms with Crippen molar-refractivity contribution < 1.29 is 9.84 Å². The molecule has 0 bridgehead atoms. The van der Waals surface area contributed by atoms with Crippen LogP contribution in [-0.4, -0.2) is 34.9 Å². The van der Waals surface area contributed by atoms with Crippen LogP contribution < -0.4 is 0 Å². The van der Waals surface area contributed by atoms with Crippen LogP contribution in [0.5, 0.6) is 0 Å². The molecule has 2 saturated heterocycles. The summed E-state index contributed by atoms with van der Waals surface area (Å²) in [5, 5.41) is 9.54. The molecule has 2 atom stereocenters. The molecule has 1 spiro atoms. The summed E-state index contributed by atoms with van der Waals surface area (Å²) >= 11 is 1.97. The van der Waals surface area contributed by atoms with Crippen molar-refractivity contribution in [2.75, 3.05) is 18.1 Å². The first kappa shape index (κ1) is 8.85. The number of hydrogen-bond donors (Lipinski definition) is 1. The van der Waals surface area contributed by atoms with E-state index in [4.69, 9.17) is 4.74 Å². The van der Waals surface area contributed by atoms with Crippen molar-refractivity contribution >= 4 is 11.8 Å². The number of aliphatic hydroxyl groups is 1. The van der Waals surface area contributed by atoms with Gasteiger partial charge in [-0.25, -0.2) is 0 Å². The molecule has 0 aromatic rings. The van der Waals surface area contributed by atoms with Gasteiger partial charge in [-0.15, -0.1) is 0 Å². The van der Waals surface area contributed by atoms with Crippen molar-refractivity contribution in [2.24, 2.45) is 0 Å². The molecule has 2 unspecified atom stereocenters. The molecule has 2 nitrogen and oxygen atoms in total. The Morgan fingerprint density at radius 2 is 2.42 bits per heavy atom. The van der Waals surface area contributed by atoms with Crippen LogP contribution in [0.15, 0.2) is 0 Å². The molecular weight excluding hydrogens is 172 g/mol. The molecule has 70 valence electrons. The van der Waals surface area contributed by atoms with Crippen LogP contribution in [-0.2, 0) is 4.74 Å². The molecule has 2 aliphatic rings. The van der Waals surface area contributed by atoms with E-state index in [0.717, 1.165) is 31.6 Å². The summed E-state index contributed by atoms with van der Waals surface area (Å²) in [6.45, 7) is 0.752. The standard InChI is InChI=1S/C9H16O2S/c10-8-2-4-11-9(6-8)3-1-5-12-7-9/h8,10H,1-7H2. The van der Waals surface area contributed by atoms with Crippen LogP contribution >= 0.6 is 11.8 Å². The Labute approximate surface area is 77.7 Å². The molecule has 0 radical (unpaired) electrons. The van der Waals surface area contributed by atoms with Crippen LogP contribution in [0, 0.1) is 0 Å². The summed E-state index contributed by atoms with van der Waals surface area (Å²) in [5.74, 6) is 2.35. The number of ether oxygens (including phenoxy) is 1. The first-order chi connectivity index (χ1) is 5.81. The Bertz CT molecular complexity index is 149. The Morgan fingerprint density at radius 3 is 3.08 bits per heavy atom. The van der Waals surface area contributed by atoms with Gasteiger partial charge in [0, 0.05) is 18.8 Å². The summed E-state index contributed by atoms with van der Waals surface area (Å²) in [7, 11) is 0. The smallest absolute Gasteiger partial charge is 0.0797 e. The molecule has 0 aromatic heterocycles. The summed E-state index contributed by atoms with van der Waals surface area (Å²) in [4.78, 5) is 0. The topological polar surface area (TPSA) is 29.5 Å². The maximum atomic E-state index is 9.54. The number of hydrogen-bond acceptors (Lipinski definition) is 3. The lowest BCUT2D eigenvalue weighted by molar-refractivity contribution is -0.109. The Morgan fingerprint density at radius 1 is 1.50 bits per heavy atom. The van der Waals surface area contributed by atoms with E-state index in [1.165, 1.54) is 12.2 Å². The summed E-state index contributed by atoms with van der Waals surface area (Å²) in [6, 6.07) is 0. The molecule has 0 aliphatic carbocycles. The van der Waals surface area contributed by atoms with Crippen LogP contribution in [0.2, 0.25) is 0 Å². The van der Waals surface area contributed by atoms with Gasteiger partial charge < -0.3 is 9.84 Å². The summed E-state index contributed by atoms with van der Waals surface area (Å²) in [5.41, 5.74) is 0.0422. The van der Waals surface area contributed by atoms with E-state index < -0.39 is 0 Å². The van der Waals surface area contributed by atoms with Gasteiger partial charge in [0.25, 0.3) is 0 Å². The normalized spacial score (nSPS) is 43.2. The van der Waals surface area contributed by atoms with Gasteiger partial charge in [0.05, 0.1) is 11.7 Å². The lowest BCUT2D eigenvalue weighted by atomic mass is 9.89. The molecule has 12 heavy (non-hydrogen) atoms. The highest BCUT2D eigenvalue weighted by molar-refractivity contribution is 7.99. The highest BCUT2D eigenvalue weighted by Gasteiger charge is 2.38. The van der Waals surface area contributed by atoms with Crippen molar-refractivity contribution in [3.63, 3.8) is 0 Å². The second kappa shape index (κ2) is 3.56. The molecule has 0 amide bonds. The van der Waals surface area contributed by atoms with Crippen molar-refractivity contribution in [3.8, 4) is 0 Å². The zero-order valence-electron chi connectivity index (χ0n) is 7.29. The van der Waals surface area contributed by atoms with Crippen LogP contribution in [0.25, 0.3) is 0 Å². The maximum Gasteiger partial charge on any atom is 0.0797 e. The number of aliphatic hydroxyl groups excluding tert-OH is 1. The third kappa shape index (κ3) is 1.78. The lowest BCUT2D eigenvalue weighted by Crippen LogP contribution is -2.45. The number of thioether (sulfide) groups is 1. The predicted octanol–water partition coefficient (Wildman–Crippen LogP) is 1.42. The van der Waals surface area contributed by atoms with Crippen molar-refractivity contribution in [1.29, 1.82) is 0 Å². The molecule has 2 fully saturated rings. The minimum Gasteiger partial charge on any atom is -0.393 e.